The van der Waals surface area contributed by atoms with Gasteiger partial charge in [-0.2, -0.15) is 0 Å². The Hall–Kier alpha value is -2.49. The first-order valence-corrected chi connectivity index (χ1v) is 5.58. The molecule has 4 heteroatoms. The number of aromatic nitrogens is 2. The molecule has 0 spiro atoms. The summed E-state index contributed by atoms with van der Waals surface area (Å²) < 4.78 is 6.99. The highest BCUT2D eigenvalue weighted by atomic mass is 16.5. The lowest BCUT2D eigenvalue weighted by Crippen LogP contribution is -1.83. The van der Waals surface area contributed by atoms with Crippen molar-refractivity contribution < 1.29 is 9.84 Å². The van der Waals surface area contributed by atoms with Gasteiger partial charge < -0.3 is 14.2 Å². The van der Waals surface area contributed by atoms with E-state index in [0.29, 0.717) is 0 Å². The monoisotopic (exact) mass is 240 g/mol. The largest absolute Gasteiger partial charge is 0.506 e. The highest BCUT2D eigenvalue weighted by Gasteiger charge is 2.05. The zero-order chi connectivity index (χ0) is 12.5. The maximum absolute atomic E-state index is 9.42. The number of aromatic hydroxyl groups is 1. The summed E-state index contributed by atoms with van der Waals surface area (Å²) >= 11 is 0. The predicted octanol–water partition coefficient (Wildman–Crippen LogP) is 2.72. The van der Waals surface area contributed by atoms with Crippen molar-refractivity contribution in [2.45, 2.75) is 0 Å². The van der Waals surface area contributed by atoms with Crippen LogP contribution in [-0.4, -0.2) is 21.6 Å². The maximum Gasteiger partial charge on any atom is 0.137 e. The number of benzene rings is 1. The molecule has 0 saturated carbocycles. The summed E-state index contributed by atoms with van der Waals surface area (Å²) in [5.74, 6) is 1.02. The molecule has 3 aromatic rings. The van der Waals surface area contributed by atoms with E-state index in [1.54, 1.807) is 29.8 Å². The molecule has 0 radical (unpaired) electrons. The third kappa shape index (κ3) is 1.78. The highest BCUT2D eigenvalue weighted by Crippen LogP contribution is 2.24. The normalized spacial score (nSPS) is 10.7. The molecular formula is C14H12N2O2. The van der Waals surface area contributed by atoms with E-state index >= 15 is 0 Å². The van der Waals surface area contributed by atoms with Crippen molar-refractivity contribution in [1.29, 1.82) is 0 Å². The smallest absolute Gasteiger partial charge is 0.137 e. The van der Waals surface area contributed by atoms with Crippen molar-refractivity contribution in [3.05, 3.63) is 48.8 Å². The molecule has 3 rings (SSSR count). The van der Waals surface area contributed by atoms with E-state index in [-0.39, 0.29) is 5.75 Å². The second-order valence-electron chi connectivity index (χ2n) is 4.01. The highest BCUT2D eigenvalue weighted by molar-refractivity contribution is 5.64. The standard InChI is InChI=1S/C14H12N2O2/c1-18-12-4-2-3-10(7-12)13-9-16-8-11(17)5-6-14(16)15-13/h2-9,17H,1H3. The Morgan fingerprint density at radius 1 is 1.17 bits per heavy atom. The number of imidazole rings is 1. The fraction of sp³-hybridized carbons (Fsp3) is 0.0714. The van der Waals surface area contributed by atoms with Crippen molar-refractivity contribution in [2.24, 2.45) is 0 Å². The van der Waals surface area contributed by atoms with Crippen LogP contribution in [0, 0.1) is 0 Å². The summed E-state index contributed by atoms with van der Waals surface area (Å²) in [5, 5.41) is 9.42. The van der Waals surface area contributed by atoms with Crippen LogP contribution >= 0.6 is 0 Å². The van der Waals surface area contributed by atoms with Gasteiger partial charge in [-0.3, -0.25) is 0 Å². The third-order valence-corrected chi connectivity index (χ3v) is 2.80. The molecule has 0 amide bonds. The Morgan fingerprint density at radius 2 is 2.06 bits per heavy atom. The molecule has 0 aliphatic heterocycles. The molecule has 0 bridgehead atoms. The van der Waals surface area contributed by atoms with Crippen LogP contribution in [0.5, 0.6) is 11.5 Å². The number of ether oxygens (including phenoxy) is 1. The molecule has 0 atom stereocenters. The van der Waals surface area contributed by atoms with E-state index in [0.717, 1.165) is 22.7 Å². The molecule has 0 unspecified atom stereocenters. The summed E-state index contributed by atoms with van der Waals surface area (Å²) in [6.07, 6.45) is 3.51. The molecule has 4 nitrogen and oxygen atoms in total. The van der Waals surface area contributed by atoms with E-state index in [1.165, 1.54) is 0 Å². The molecule has 0 aliphatic rings. The van der Waals surface area contributed by atoms with Crippen molar-refractivity contribution in [3.63, 3.8) is 0 Å². The van der Waals surface area contributed by atoms with Crippen LogP contribution in [0.2, 0.25) is 0 Å². The average Bonchev–Trinajstić information content (AvgIpc) is 2.81. The second kappa shape index (κ2) is 4.07. The Kier molecular flexibility index (Phi) is 2.41. The number of pyridine rings is 1. The van der Waals surface area contributed by atoms with E-state index in [2.05, 4.69) is 4.98 Å². The third-order valence-electron chi connectivity index (χ3n) is 2.80. The summed E-state index contributed by atoms with van der Waals surface area (Å²) in [6, 6.07) is 11.1. The molecular weight excluding hydrogens is 228 g/mol. The zero-order valence-corrected chi connectivity index (χ0v) is 9.87. The number of hydrogen-bond donors (Lipinski definition) is 1. The molecule has 18 heavy (non-hydrogen) atoms. The molecule has 0 fully saturated rings. The summed E-state index contributed by atoms with van der Waals surface area (Å²) in [4.78, 5) is 4.50. The SMILES string of the molecule is COc1cccc(-c2cn3cc(O)ccc3n2)c1. The Labute approximate surface area is 104 Å². The quantitative estimate of drug-likeness (QED) is 0.749. The Bertz CT molecular complexity index is 704. The Morgan fingerprint density at radius 3 is 2.89 bits per heavy atom. The predicted molar refractivity (Wildman–Crippen MR) is 68.8 cm³/mol. The van der Waals surface area contributed by atoms with Gasteiger partial charge in [-0.1, -0.05) is 12.1 Å². The number of rotatable bonds is 2. The molecule has 1 aromatic carbocycles. The van der Waals surface area contributed by atoms with Crippen LogP contribution in [0.25, 0.3) is 16.9 Å². The summed E-state index contributed by atoms with van der Waals surface area (Å²) in [7, 11) is 1.64. The fourth-order valence-corrected chi connectivity index (χ4v) is 1.90. The van der Waals surface area contributed by atoms with Gasteiger partial charge in [0.1, 0.15) is 17.1 Å². The Balaban J connectivity index is 2.13. The second-order valence-corrected chi connectivity index (χ2v) is 4.01. The lowest BCUT2D eigenvalue weighted by atomic mass is 10.1. The number of nitrogens with zero attached hydrogens (tertiary/aromatic N) is 2. The molecule has 2 aromatic heterocycles. The van der Waals surface area contributed by atoms with E-state index in [9.17, 15) is 5.11 Å². The lowest BCUT2D eigenvalue weighted by Gasteiger charge is -2.00. The minimum absolute atomic E-state index is 0.220. The lowest BCUT2D eigenvalue weighted by molar-refractivity contribution is 0.415. The van der Waals surface area contributed by atoms with Crippen molar-refractivity contribution in [3.8, 4) is 22.8 Å². The van der Waals surface area contributed by atoms with Gasteiger partial charge in [0.15, 0.2) is 0 Å². The van der Waals surface area contributed by atoms with Crippen LogP contribution in [0.4, 0.5) is 0 Å². The average molecular weight is 240 g/mol. The van der Waals surface area contributed by atoms with E-state index < -0.39 is 0 Å². The fourth-order valence-electron chi connectivity index (χ4n) is 1.90. The maximum atomic E-state index is 9.42. The number of hydrogen-bond acceptors (Lipinski definition) is 3. The van der Waals surface area contributed by atoms with Gasteiger partial charge in [0.05, 0.1) is 19.0 Å². The van der Waals surface area contributed by atoms with Gasteiger partial charge >= 0.3 is 0 Å². The van der Waals surface area contributed by atoms with Crippen LogP contribution in [0.15, 0.2) is 48.8 Å². The first-order chi connectivity index (χ1) is 8.76. The molecule has 2 heterocycles. The van der Waals surface area contributed by atoms with Crippen LogP contribution in [0.1, 0.15) is 0 Å². The minimum atomic E-state index is 0.220. The van der Waals surface area contributed by atoms with Crippen molar-refractivity contribution >= 4 is 5.65 Å². The first kappa shape index (κ1) is 10.7. The molecule has 90 valence electrons. The first-order valence-electron chi connectivity index (χ1n) is 5.58. The zero-order valence-electron chi connectivity index (χ0n) is 9.87. The van der Waals surface area contributed by atoms with Gasteiger partial charge in [-0.05, 0) is 24.3 Å². The van der Waals surface area contributed by atoms with E-state index in [1.807, 2.05) is 30.5 Å². The molecule has 1 N–H and O–H groups in total. The van der Waals surface area contributed by atoms with Crippen molar-refractivity contribution in [2.75, 3.05) is 7.11 Å². The van der Waals surface area contributed by atoms with Crippen molar-refractivity contribution in [1.82, 2.24) is 9.38 Å². The van der Waals surface area contributed by atoms with Gasteiger partial charge in [0.2, 0.25) is 0 Å². The van der Waals surface area contributed by atoms with Gasteiger partial charge in [-0.25, -0.2) is 4.98 Å². The number of methoxy groups -OCH3 is 1. The number of fused-ring (bicyclic) bond motifs is 1. The molecule has 0 saturated heterocycles. The van der Waals surface area contributed by atoms with Crippen LogP contribution in [-0.2, 0) is 0 Å². The van der Waals surface area contributed by atoms with Gasteiger partial charge in [0, 0.05) is 11.8 Å². The molecule has 0 aliphatic carbocycles. The van der Waals surface area contributed by atoms with Gasteiger partial charge in [0.25, 0.3) is 0 Å². The summed E-state index contributed by atoms with van der Waals surface area (Å²) in [5.41, 5.74) is 2.63. The minimum Gasteiger partial charge on any atom is -0.506 e. The van der Waals surface area contributed by atoms with Crippen LogP contribution in [0.3, 0.4) is 0 Å². The van der Waals surface area contributed by atoms with Gasteiger partial charge in [-0.15, -0.1) is 0 Å². The topological polar surface area (TPSA) is 46.8 Å². The van der Waals surface area contributed by atoms with Crippen LogP contribution < -0.4 is 4.74 Å². The summed E-state index contributed by atoms with van der Waals surface area (Å²) in [6.45, 7) is 0. The van der Waals surface area contributed by atoms with E-state index in [4.69, 9.17) is 4.74 Å².